The molecule has 2 aromatic heterocycles. The molecule has 1 aliphatic heterocycles. The van der Waals surface area contributed by atoms with Gasteiger partial charge in [-0.3, -0.25) is 4.79 Å². The number of hydrogen-bond donors (Lipinski definition) is 1. The monoisotopic (exact) mass is 344 g/mol. The van der Waals surface area contributed by atoms with Crippen molar-refractivity contribution in [2.45, 2.75) is 58.1 Å². The van der Waals surface area contributed by atoms with E-state index in [-0.39, 0.29) is 18.2 Å². The van der Waals surface area contributed by atoms with E-state index in [1.165, 1.54) is 0 Å². The number of nitrogens with one attached hydrogen (secondary N) is 1. The van der Waals surface area contributed by atoms with E-state index in [1.54, 1.807) is 13.1 Å². The molecular formula is C18H25BN2O4. The van der Waals surface area contributed by atoms with Crippen LogP contribution in [0.5, 0.6) is 0 Å². The molecule has 134 valence electrons. The Bertz CT molecular complexity index is 755. The maximum Gasteiger partial charge on any atom is 0.466 e. The predicted octanol–water partition coefficient (Wildman–Crippen LogP) is 3.23. The first-order valence-electron chi connectivity index (χ1n) is 8.68. The fourth-order valence-electron chi connectivity index (χ4n) is 3.09. The van der Waals surface area contributed by atoms with Crippen molar-refractivity contribution < 1.29 is 18.8 Å². The van der Waals surface area contributed by atoms with E-state index in [4.69, 9.17) is 14.0 Å². The molecule has 0 aromatic carbocycles. The Morgan fingerprint density at radius 3 is 2.64 bits per heavy atom. The van der Waals surface area contributed by atoms with Crippen LogP contribution in [0.1, 0.15) is 52.4 Å². The van der Waals surface area contributed by atoms with Crippen molar-refractivity contribution >= 4 is 24.1 Å². The largest absolute Gasteiger partial charge is 0.466 e. The lowest BCUT2D eigenvalue weighted by atomic mass is 9.66. The van der Waals surface area contributed by atoms with Crippen LogP contribution < -0.4 is 0 Å². The first-order valence-corrected chi connectivity index (χ1v) is 8.68. The van der Waals surface area contributed by atoms with Gasteiger partial charge in [0.1, 0.15) is 5.65 Å². The van der Waals surface area contributed by atoms with Crippen LogP contribution in [-0.4, -0.2) is 40.9 Å². The summed E-state index contributed by atoms with van der Waals surface area (Å²) < 4.78 is 17.6. The Labute approximate surface area is 148 Å². The number of hydrogen-bond acceptors (Lipinski definition) is 5. The number of ether oxygens (including phenoxy) is 1. The third-order valence-electron chi connectivity index (χ3n) is 5.17. The van der Waals surface area contributed by atoms with Crippen molar-refractivity contribution in [1.29, 1.82) is 0 Å². The van der Waals surface area contributed by atoms with Gasteiger partial charge < -0.3 is 19.0 Å². The summed E-state index contributed by atoms with van der Waals surface area (Å²) in [5.74, 6) is -0.543. The topological polar surface area (TPSA) is 73.4 Å². The Kier molecular flexibility index (Phi) is 4.64. The van der Waals surface area contributed by atoms with E-state index in [0.717, 1.165) is 16.6 Å². The highest BCUT2D eigenvalue weighted by Gasteiger charge is 2.54. The molecule has 0 bridgehead atoms. The van der Waals surface area contributed by atoms with Crippen LogP contribution >= 0.6 is 0 Å². The van der Waals surface area contributed by atoms with Gasteiger partial charge in [-0.1, -0.05) is 0 Å². The average Bonchev–Trinajstić information content (AvgIpc) is 3.04. The SMILES string of the molecule is CCOC(=O)CC(B1OC(C)(C)C(C)(C)O1)c1c[nH]c2ncccc12. The van der Waals surface area contributed by atoms with Crippen LogP contribution in [0.2, 0.25) is 0 Å². The highest BCUT2D eigenvalue weighted by molar-refractivity contribution is 6.48. The molecule has 0 spiro atoms. The highest BCUT2D eigenvalue weighted by Crippen LogP contribution is 2.42. The molecule has 1 fully saturated rings. The van der Waals surface area contributed by atoms with E-state index in [2.05, 4.69) is 9.97 Å². The summed E-state index contributed by atoms with van der Waals surface area (Å²) in [5.41, 5.74) is 0.807. The molecule has 3 rings (SSSR count). The van der Waals surface area contributed by atoms with Crippen LogP contribution in [0, 0.1) is 0 Å². The summed E-state index contributed by atoms with van der Waals surface area (Å²) in [7, 11) is -0.534. The molecule has 1 atom stereocenters. The number of pyridine rings is 1. The summed E-state index contributed by atoms with van der Waals surface area (Å²) >= 11 is 0. The summed E-state index contributed by atoms with van der Waals surface area (Å²) in [6.07, 6.45) is 3.80. The molecule has 6 nitrogen and oxygen atoms in total. The van der Waals surface area contributed by atoms with Crippen LogP contribution in [-0.2, 0) is 18.8 Å². The van der Waals surface area contributed by atoms with Gasteiger partial charge >= 0.3 is 13.1 Å². The first-order chi connectivity index (χ1) is 11.7. The van der Waals surface area contributed by atoms with Gasteiger partial charge in [-0.2, -0.15) is 0 Å². The summed E-state index contributed by atoms with van der Waals surface area (Å²) in [6.45, 7) is 10.2. The zero-order valence-electron chi connectivity index (χ0n) is 15.5. The molecule has 2 aromatic rings. The normalized spacial score (nSPS) is 20.0. The van der Waals surface area contributed by atoms with E-state index in [0.29, 0.717) is 6.61 Å². The quantitative estimate of drug-likeness (QED) is 0.666. The lowest BCUT2D eigenvalue weighted by molar-refractivity contribution is -0.143. The minimum absolute atomic E-state index is 0.187. The van der Waals surface area contributed by atoms with E-state index in [9.17, 15) is 4.79 Å². The second-order valence-corrected chi connectivity index (χ2v) is 7.38. The third kappa shape index (κ3) is 3.31. The molecule has 1 N–H and O–H groups in total. The Balaban J connectivity index is 1.98. The van der Waals surface area contributed by atoms with Crippen LogP contribution in [0.25, 0.3) is 11.0 Å². The predicted molar refractivity (Wildman–Crippen MR) is 96.2 cm³/mol. The first kappa shape index (κ1) is 18.0. The zero-order chi connectivity index (χ0) is 18.2. The molecule has 7 heteroatoms. The maximum absolute atomic E-state index is 12.2. The molecule has 1 saturated heterocycles. The molecule has 0 aliphatic carbocycles. The van der Waals surface area contributed by atoms with Crippen molar-refractivity contribution in [2.24, 2.45) is 0 Å². The zero-order valence-corrected chi connectivity index (χ0v) is 15.5. The van der Waals surface area contributed by atoms with Gasteiger partial charge in [-0.15, -0.1) is 0 Å². The molecule has 3 heterocycles. The highest BCUT2D eigenvalue weighted by atomic mass is 16.7. The number of carbonyl (C=O) groups is 1. The van der Waals surface area contributed by atoms with Gasteiger partial charge in [-0.25, -0.2) is 4.98 Å². The fraction of sp³-hybridized carbons (Fsp3) is 0.556. The Morgan fingerprint density at radius 2 is 2.00 bits per heavy atom. The third-order valence-corrected chi connectivity index (χ3v) is 5.17. The average molecular weight is 344 g/mol. The molecular weight excluding hydrogens is 319 g/mol. The number of nitrogens with zero attached hydrogens (tertiary/aromatic N) is 1. The minimum atomic E-state index is -0.534. The van der Waals surface area contributed by atoms with Crippen molar-refractivity contribution in [2.75, 3.05) is 6.61 Å². The second-order valence-electron chi connectivity index (χ2n) is 7.38. The van der Waals surface area contributed by atoms with Crippen molar-refractivity contribution in [3.63, 3.8) is 0 Å². The number of rotatable bonds is 5. The molecule has 0 amide bonds. The number of esters is 1. The number of aromatic nitrogens is 2. The smallest absolute Gasteiger partial charge is 0.466 e. The van der Waals surface area contributed by atoms with Gasteiger partial charge in [-0.05, 0) is 52.3 Å². The van der Waals surface area contributed by atoms with Crippen LogP contribution in [0.15, 0.2) is 24.5 Å². The van der Waals surface area contributed by atoms with Gasteiger partial charge in [0.05, 0.1) is 24.2 Å². The Hall–Kier alpha value is -1.86. The van der Waals surface area contributed by atoms with Crippen molar-refractivity contribution in [3.8, 4) is 0 Å². The summed E-state index contributed by atoms with van der Waals surface area (Å²) in [6, 6.07) is 3.86. The van der Waals surface area contributed by atoms with Crippen LogP contribution in [0.4, 0.5) is 0 Å². The van der Waals surface area contributed by atoms with E-state index < -0.39 is 18.3 Å². The molecule has 0 saturated carbocycles. The van der Waals surface area contributed by atoms with Gasteiger partial charge in [0.25, 0.3) is 0 Å². The van der Waals surface area contributed by atoms with E-state index >= 15 is 0 Å². The molecule has 0 radical (unpaired) electrons. The lowest BCUT2D eigenvalue weighted by Gasteiger charge is -2.32. The number of aromatic amines is 1. The molecule has 25 heavy (non-hydrogen) atoms. The van der Waals surface area contributed by atoms with Crippen molar-refractivity contribution in [1.82, 2.24) is 9.97 Å². The van der Waals surface area contributed by atoms with Crippen molar-refractivity contribution in [3.05, 3.63) is 30.1 Å². The number of carbonyl (C=O) groups excluding carboxylic acids is 1. The fourth-order valence-corrected chi connectivity index (χ4v) is 3.09. The minimum Gasteiger partial charge on any atom is -0.466 e. The number of fused-ring (bicyclic) bond motifs is 1. The molecule has 1 aliphatic rings. The lowest BCUT2D eigenvalue weighted by Crippen LogP contribution is -2.41. The maximum atomic E-state index is 12.2. The Morgan fingerprint density at radius 1 is 1.32 bits per heavy atom. The van der Waals surface area contributed by atoms with Gasteiger partial charge in [0.15, 0.2) is 0 Å². The standard InChI is InChI=1S/C18H25BN2O4/c1-6-23-15(22)10-14(19-24-17(2,3)18(4,5)25-19)13-11-21-16-12(13)8-7-9-20-16/h7-9,11,14H,6,10H2,1-5H3,(H,20,21). The van der Waals surface area contributed by atoms with Gasteiger partial charge in [0.2, 0.25) is 0 Å². The van der Waals surface area contributed by atoms with Gasteiger partial charge in [0, 0.05) is 23.6 Å². The summed E-state index contributed by atoms with van der Waals surface area (Å²) in [4.78, 5) is 19.7. The number of H-pyrrole nitrogens is 1. The second kappa shape index (κ2) is 6.46. The van der Waals surface area contributed by atoms with E-state index in [1.807, 2.05) is 46.0 Å². The summed E-state index contributed by atoms with van der Waals surface area (Å²) in [5, 5.41) is 0.964. The van der Waals surface area contributed by atoms with Crippen LogP contribution in [0.3, 0.4) is 0 Å². The molecule has 1 unspecified atom stereocenters.